The van der Waals surface area contributed by atoms with Crippen LogP contribution in [0.1, 0.15) is 11.1 Å². The number of halogens is 7. The number of alkyl halides is 3. The summed E-state index contributed by atoms with van der Waals surface area (Å²) in [5.41, 5.74) is -4.14. The number of aliphatic hydroxyl groups is 1. The van der Waals surface area contributed by atoms with Crippen LogP contribution in [0, 0.1) is 23.3 Å². The minimum Gasteiger partial charge on any atom is -0.391 e. The summed E-state index contributed by atoms with van der Waals surface area (Å²) in [4.78, 5) is 0. The van der Waals surface area contributed by atoms with Gasteiger partial charge in [-0.05, 0) is 0 Å². The number of hydrogen-bond acceptors (Lipinski definition) is 1. The van der Waals surface area contributed by atoms with E-state index < -0.39 is 47.2 Å². The fourth-order valence-electron chi connectivity index (χ4n) is 1.06. The van der Waals surface area contributed by atoms with Crippen LogP contribution in [-0.2, 0) is 12.8 Å². The van der Waals surface area contributed by atoms with Crippen molar-refractivity contribution >= 4 is 0 Å². The predicted molar refractivity (Wildman–Crippen MR) is 37.2 cm³/mol. The molecule has 0 amide bonds. The van der Waals surface area contributed by atoms with Crippen molar-refractivity contribution in [1.29, 1.82) is 0 Å². The second kappa shape index (κ2) is 3.93. The van der Waals surface area contributed by atoms with Crippen LogP contribution in [-0.4, -0.2) is 5.11 Å². The molecule has 0 heterocycles. The SMILES string of the molecule is OCc1c(F)c(F)c(C(F)(F)F)c(F)c1F. The van der Waals surface area contributed by atoms with Crippen LogP contribution in [0.4, 0.5) is 30.7 Å². The van der Waals surface area contributed by atoms with E-state index in [1.54, 1.807) is 0 Å². The number of hydrogen-bond donors (Lipinski definition) is 1. The molecule has 0 aliphatic rings. The van der Waals surface area contributed by atoms with Crippen molar-refractivity contribution in [3.8, 4) is 0 Å². The van der Waals surface area contributed by atoms with Crippen molar-refractivity contribution in [3.05, 3.63) is 34.4 Å². The molecule has 1 aromatic carbocycles. The van der Waals surface area contributed by atoms with Crippen LogP contribution in [0.5, 0.6) is 0 Å². The molecule has 0 radical (unpaired) electrons. The van der Waals surface area contributed by atoms with Gasteiger partial charge >= 0.3 is 6.18 Å². The van der Waals surface area contributed by atoms with Gasteiger partial charge in [0.05, 0.1) is 12.2 Å². The molecule has 1 rings (SSSR count). The Morgan fingerprint density at radius 3 is 1.44 bits per heavy atom. The van der Waals surface area contributed by atoms with E-state index in [0.717, 1.165) is 0 Å². The highest BCUT2D eigenvalue weighted by Crippen LogP contribution is 2.36. The molecule has 0 aromatic heterocycles. The Kier molecular flexibility index (Phi) is 3.13. The normalized spacial score (nSPS) is 12.0. The Morgan fingerprint density at radius 1 is 0.812 bits per heavy atom. The molecule has 0 fully saturated rings. The number of benzene rings is 1. The van der Waals surface area contributed by atoms with Crippen molar-refractivity contribution in [3.63, 3.8) is 0 Å². The highest BCUT2D eigenvalue weighted by Gasteiger charge is 2.42. The van der Waals surface area contributed by atoms with Gasteiger partial charge in [-0.15, -0.1) is 0 Å². The third kappa shape index (κ3) is 1.84. The van der Waals surface area contributed by atoms with Gasteiger partial charge in [-0.3, -0.25) is 0 Å². The molecule has 1 N–H and O–H groups in total. The lowest BCUT2D eigenvalue weighted by Crippen LogP contribution is -2.17. The van der Waals surface area contributed by atoms with E-state index in [4.69, 9.17) is 5.11 Å². The molecular formula is C8H3F7O. The van der Waals surface area contributed by atoms with Crippen molar-refractivity contribution in [2.45, 2.75) is 12.8 Å². The molecule has 0 atom stereocenters. The third-order valence-corrected chi connectivity index (χ3v) is 1.80. The molecule has 16 heavy (non-hydrogen) atoms. The van der Waals surface area contributed by atoms with Gasteiger partial charge < -0.3 is 5.11 Å². The Hall–Kier alpha value is -1.31. The van der Waals surface area contributed by atoms with E-state index in [2.05, 4.69) is 0 Å². The first-order valence-corrected chi connectivity index (χ1v) is 3.74. The van der Waals surface area contributed by atoms with Crippen LogP contribution in [0.2, 0.25) is 0 Å². The summed E-state index contributed by atoms with van der Waals surface area (Å²) in [5, 5.41) is 8.35. The van der Waals surface area contributed by atoms with Gasteiger partial charge in [-0.25, -0.2) is 17.6 Å². The topological polar surface area (TPSA) is 20.2 Å². The highest BCUT2D eigenvalue weighted by molar-refractivity contribution is 5.31. The Bertz CT molecular complexity index is 394. The highest BCUT2D eigenvalue weighted by atomic mass is 19.4. The fraction of sp³-hybridized carbons (Fsp3) is 0.250. The lowest BCUT2D eigenvalue weighted by atomic mass is 10.1. The van der Waals surface area contributed by atoms with Crippen LogP contribution in [0.25, 0.3) is 0 Å². The van der Waals surface area contributed by atoms with E-state index in [-0.39, 0.29) is 0 Å². The molecule has 0 aliphatic carbocycles. The third-order valence-electron chi connectivity index (χ3n) is 1.80. The van der Waals surface area contributed by atoms with Gasteiger partial charge in [-0.1, -0.05) is 0 Å². The van der Waals surface area contributed by atoms with Crippen molar-refractivity contribution in [1.82, 2.24) is 0 Å². The summed E-state index contributed by atoms with van der Waals surface area (Å²) in [6, 6.07) is 0. The smallest absolute Gasteiger partial charge is 0.391 e. The van der Waals surface area contributed by atoms with Gasteiger partial charge in [-0.2, -0.15) is 13.2 Å². The van der Waals surface area contributed by atoms with Crippen LogP contribution in [0.15, 0.2) is 0 Å². The van der Waals surface area contributed by atoms with Gasteiger partial charge in [0.1, 0.15) is 5.56 Å². The summed E-state index contributed by atoms with van der Waals surface area (Å²) in [7, 11) is 0. The molecule has 0 bridgehead atoms. The van der Waals surface area contributed by atoms with E-state index in [0.29, 0.717) is 0 Å². The van der Waals surface area contributed by atoms with Crippen LogP contribution < -0.4 is 0 Å². The maximum absolute atomic E-state index is 12.8. The Morgan fingerprint density at radius 2 is 1.19 bits per heavy atom. The average Bonchev–Trinajstić information content (AvgIpc) is 2.14. The summed E-state index contributed by atoms with van der Waals surface area (Å²) in [5.74, 6) is -9.66. The summed E-state index contributed by atoms with van der Waals surface area (Å²) >= 11 is 0. The van der Waals surface area contributed by atoms with Crippen LogP contribution >= 0.6 is 0 Å². The molecular weight excluding hydrogens is 245 g/mol. The second-order valence-electron chi connectivity index (χ2n) is 2.77. The van der Waals surface area contributed by atoms with Crippen molar-refractivity contribution < 1.29 is 35.8 Å². The maximum atomic E-state index is 12.8. The zero-order chi connectivity index (χ0) is 12.7. The molecule has 1 aromatic rings. The monoisotopic (exact) mass is 248 g/mol. The Balaban J connectivity index is 3.67. The zero-order valence-corrected chi connectivity index (χ0v) is 7.30. The largest absolute Gasteiger partial charge is 0.422 e. The van der Waals surface area contributed by atoms with Gasteiger partial charge in [0, 0.05) is 0 Å². The first kappa shape index (κ1) is 12.8. The predicted octanol–water partition coefficient (Wildman–Crippen LogP) is 2.75. The lowest BCUT2D eigenvalue weighted by molar-refractivity contribution is -0.143. The molecule has 0 saturated carbocycles. The summed E-state index contributed by atoms with van der Waals surface area (Å²) < 4.78 is 87.2. The summed E-state index contributed by atoms with van der Waals surface area (Å²) in [6.45, 7) is -1.45. The standard InChI is InChI=1S/C8H3F7O/c9-4-2(1-16)5(10)7(12)3(6(4)11)8(13,14)15/h16H,1H2. The lowest BCUT2D eigenvalue weighted by Gasteiger charge is -2.12. The van der Waals surface area contributed by atoms with E-state index >= 15 is 0 Å². The molecule has 0 aliphatic heterocycles. The first-order valence-electron chi connectivity index (χ1n) is 3.74. The Labute approximate surface area is 84.1 Å². The quantitative estimate of drug-likeness (QED) is 0.598. The molecule has 8 heteroatoms. The first-order chi connectivity index (χ1) is 7.21. The number of aliphatic hydroxyl groups excluding tert-OH is 1. The van der Waals surface area contributed by atoms with Gasteiger partial charge in [0.25, 0.3) is 0 Å². The minimum atomic E-state index is -5.57. The fourth-order valence-corrected chi connectivity index (χ4v) is 1.06. The minimum absolute atomic E-state index is 1.45. The van der Waals surface area contributed by atoms with E-state index in [9.17, 15) is 30.7 Å². The average molecular weight is 248 g/mol. The zero-order valence-electron chi connectivity index (χ0n) is 7.30. The molecule has 0 saturated heterocycles. The molecule has 0 unspecified atom stereocenters. The van der Waals surface area contributed by atoms with E-state index in [1.807, 2.05) is 0 Å². The number of rotatable bonds is 1. The summed E-state index contributed by atoms with van der Waals surface area (Å²) in [6.07, 6.45) is -5.57. The molecule has 0 spiro atoms. The van der Waals surface area contributed by atoms with Crippen LogP contribution in [0.3, 0.4) is 0 Å². The molecule has 90 valence electrons. The van der Waals surface area contributed by atoms with Gasteiger partial charge in [0.2, 0.25) is 0 Å². The second-order valence-corrected chi connectivity index (χ2v) is 2.77. The van der Waals surface area contributed by atoms with Crippen molar-refractivity contribution in [2.24, 2.45) is 0 Å². The molecule has 1 nitrogen and oxygen atoms in total. The van der Waals surface area contributed by atoms with Gasteiger partial charge in [0.15, 0.2) is 23.3 Å². The van der Waals surface area contributed by atoms with Crippen molar-refractivity contribution in [2.75, 3.05) is 0 Å². The maximum Gasteiger partial charge on any atom is 0.422 e. The van der Waals surface area contributed by atoms with E-state index in [1.165, 1.54) is 0 Å².